The number of aryl methyl sites for hydroxylation is 1. The second kappa shape index (κ2) is 9.15. The number of imidazole rings is 1. The minimum Gasteiger partial charge on any atom is -0.360 e. The maximum atomic E-state index is 13.4. The first kappa shape index (κ1) is 23.1. The highest BCUT2D eigenvalue weighted by atomic mass is 35.5. The van der Waals surface area contributed by atoms with Crippen LogP contribution in [-0.4, -0.2) is 43.4 Å². The molecule has 0 spiro atoms. The van der Waals surface area contributed by atoms with E-state index in [9.17, 15) is 9.18 Å². The highest BCUT2D eigenvalue weighted by Gasteiger charge is 2.27. The first-order valence-corrected chi connectivity index (χ1v) is 11.5. The number of amides is 1. The van der Waals surface area contributed by atoms with Crippen LogP contribution < -0.4 is 0 Å². The predicted octanol–water partition coefficient (Wildman–Crippen LogP) is 5.93. The Morgan fingerprint density at radius 3 is 2.57 bits per heavy atom. The van der Waals surface area contributed by atoms with Crippen molar-refractivity contribution in [3.8, 4) is 11.1 Å². The van der Waals surface area contributed by atoms with Gasteiger partial charge in [-0.05, 0) is 55.2 Å². The molecule has 0 atom stereocenters. The zero-order valence-electron chi connectivity index (χ0n) is 19.2. The molecular formula is C27H25ClFN5O. The van der Waals surface area contributed by atoms with Crippen molar-refractivity contribution in [3.63, 3.8) is 0 Å². The lowest BCUT2D eigenvalue weighted by Crippen LogP contribution is -2.39. The molecule has 0 radical (unpaired) electrons. The molecule has 1 N–H and O–H groups in total. The van der Waals surface area contributed by atoms with Crippen molar-refractivity contribution < 1.29 is 9.18 Å². The van der Waals surface area contributed by atoms with E-state index in [0.717, 1.165) is 51.7 Å². The van der Waals surface area contributed by atoms with Crippen LogP contribution in [0.2, 0.25) is 0 Å². The quantitative estimate of drug-likeness (QED) is 0.342. The number of nitrogens with zero attached hydrogens (tertiary/aromatic N) is 4. The van der Waals surface area contributed by atoms with E-state index in [2.05, 4.69) is 19.5 Å². The third-order valence-electron chi connectivity index (χ3n) is 6.87. The van der Waals surface area contributed by atoms with Crippen LogP contribution in [-0.2, 0) is 0 Å². The van der Waals surface area contributed by atoms with Crippen LogP contribution in [0.5, 0.6) is 0 Å². The molecule has 3 aromatic heterocycles. The Bertz CT molecular complexity index is 1520. The number of aromatic nitrogens is 4. The monoisotopic (exact) mass is 489 g/mol. The Labute approximate surface area is 208 Å². The van der Waals surface area contributed by atoms with Crippen LogP contribution in [0, 0.1) is 12.7 Å². The number of piperidine rings is 1. The van der Waals surface area contributed by atoms with Crippen LogP contribution in [0.4, 0.5) is 4.39 Å². The minimum absolute atomic E-state index is 0. The van der Waals surface area contributed by atoms with Gasteiger partial charge in [-0.3, -0.25) is 9.78 Å². The zero-order valence-corrected chi connectivity index (χ0v) is 20.1. The zero-order chi connectivity index (χ0) is 23.2. The molecule has 1 aliphatic heterocycles. The summed E-state index contributed by atoms with van der Waals surface area (Å²) < 4.78 is 15.6. The molecule has 2 aromatic carbocycles. The molecule has 6 nitrogen and oxygen atoms in total. The Morgan fingerprint density at radius 1 is 1.06 bits per heavy atom. The van der Waals surface area contributed by atoms with Crippen molar-refractivity contribution in [2.75, 3.05) is 13.1 Å². The highest BCUT2D eigenvalue weighted by molar-refractivity contribution is 6.07. The van der Waals surface area contributed by atoms with Crippen LogP contribution in [0.3, 0.4) is 0 Å². The summed E-state index contributed by atoms with van der Waals surface area (Å²) >= 11 is 0. The van der Waals surface area contributed by atoms with Crippen molar-refractivity contribution in [1.82, 2.24) is 24.4 Å². The van der Waals surface area contributed by atoms with Crippen LogP contribution in [0.1, 0.15) is 35.1 Å². The molecule has 1 aliphatic rings. The Kier molecular flexibility index (Phi) is 6.03. The van der Waals surface area contributed by atoms with Gasteiger partial charge in [0.1, 0.15) is 17.2 Å². The molecule has 6 rings (SSSR count). The van der Waals surface area contributed by atoms with Gasteiger partial charge >= 0.3 is 0 Å². The van der Waals surface area contributed by atoms with Crippen molar-refractivity contribution in [3.05, 3.63) is 84.3 Å². The number of hydrogen-bond donors (Lipinski definition) is 1. The van der Waals surface area contributed by atoms with Crippen molar-refractivity contribution >= 4 is 40.3 Å². The molecule has 0 saturated carbocycles. The first-order valence-electron chi connectivity index (χ1n) is 11.5. The lowest BCUT2D eigenvalue weighted by atomic mass is 10.0. The number of likely N-dealkylation sites (tertiary alicyclic amines) is 1. The van der Waals surface area contributed by atoms with Gasteiger partial charge < -0.3 is 14.5 Å². The van der Waals surface area contributed by atoms with Gasteiger partial charge in [-0.1, -0.05) is 24.3 Å². The minimum atomic E-state index is -0.255. The summed E-state index contributed by atoms with van der Waals surface area (Å²) in [5.74, 6) is 0.784. The lowest BCUT2D eigenvalue weighted by molar-refractivity contribution is 0.0697. The van der Waals surface area contributed by atoms with Gasteiger partial charge in [-0.25, -0.2) is 9.37 Å². The van der Waals surface area contributed by atoms with Gasteiger partial charge in [0.15, 0.2) is 0 Å². The second-order valence-corrected chi connectivity index (χ2v) is 8.89. The molecule has 1 amide bonds. The first-order chi connectivity index (χ1) is 16.6. The van der Waals surface area contributed by atoms with Gasteiger partial charge in [0.2, 0.25) is 0 Å². The molecule has 1 saturated heterocycles. The Hall–Kier alpha value is -3.71. The number of benzene rings is 2. The fourth-order valence-corrected chi connectivity index (χ4v) is 5.15. The number of carbonyl (C=O) groups is 1. The van der Waals surface area contributed by atoms with Gasteiger partial charge in [-0.15, -0.1) is 12.4 Å². The maximum absolute atomic E-state index is 13.4. The van der Waals surface area contributed by atoms with Gasteiger partial charge in [0.05, 0.1) is 17.3 Å². The van der Waals surface area contributed by atoms with Gasteiger partial charge in [0, 0.05) is 42.4 Å². The number of nitrogens with one attached hydrogen (secondary N) is 1. The summed E-state index contributed by atoms with van der Waals surface area (Å²) in [6.45, 7) is 3.44. The topological polar surface area (TPSA) is 66.8 Å². The fourth-order valence-electron chi connectivity index (χ4n) is 5.15. The molecule has 1 fully saturated rings. The van der Waals surface area contributed by atoms with Crippen molar-refractivity contribution in [2.24, 2.45) is 0 Å². The molecule has 0 aliphatic carbocycles. The summed E-state index contributed by atoms with van der Waals surface area (Å²) in [6.07, 6.45) is 7.18. The standard InChI is InChI=1S/C27H24FN5O.ClH/c1-17-31-25-16-29-11-8-26(25)33(17)21-9-12-32(13-10-21)27(34)23-15-30-24-14-19(4-7-22(23)24)18-2-5-20(28)6-3-18;/h2-8,11,14-16,21,30H,9-10,12-13H2,1H3;1H. The van der Waals surface area contributed by atoms with Gasteiger partial charge in [-0.2, -0.15) is 0 Å². The summed E-state index contributed by atoms with van der Waals surface area (Å²) in [5, 5.41) is 0.905. The van der Waals surface area contributed by atoms with E-state index in [1.165, 1.54) is 12.1 Å². The summed E-state index contributed by atoms with van der Waals surface area (Å²) in [7, 11) is 0. The van der Waals surface area contributed by atoms with E-state index < -0.39 is 0 Å². The summed E-state index contributed by atoms with van der Waals surface area (Å²) in [4.78, 5) is 27.4. The number of aromatic amines is 1. The van der Waals surface area contributed by atoms with E-state index >= 15 is 0 Å². The average Bonchev–Trinajstić information content (AvgIpc) is 3.44. The average molecular weight is 490 g/mol. The van der Waals surface area contributed by atoms with Crippen LogP contribution in [0.15, 0.2) is 67.1 Å². The fraction of sp³-hybridized carbons (Fsp3) is 0.222. The number of carbonyl (C=O) groups excluding carboxylic acids is 1. The second-order valence-electron chi connectivity index (χ2n) is 8.89. The molecule has 0 unspecified atom stereocenters. The molecular weight excluding hydrogens is 465 g/mol. The molecule has 8 heteroatoms. The molecule has 4 heterocycles. The number of hydrogen-bond acceptors (Lipinski definition) is 3. The number of H-pyrrole nitrogens is 1. The number of rotatable bonds is 3. The molecule has 5 aromatic rings. The van der Waals surface area contributed by atoms with Gasteiger partial charge in [0.25, 0.3) is 5.91 Å². The molecule has 35 heavy (non-hydrogen) atoms. The number of pyridine rings is 1. The largest absolute Gasteiger partial charge is 0.360 e. The Morgan fingerprint density at radius 2 is 1.80 bits per heavy atom. The van der Waals surface area contributed by atoms with Crippen LogP contribution in [0.25, 0.3) is 33.1 Å². The SMILES string of the molecule is Cc1nc2cnccc2n1C1CCN(C(=O)c2c[nH]c3cc(-c4ccc(F)cc4)ccc23)CC1.Cl. The summed E-state index contributed by atoms with van der Waals surface area (Å²) in [6, 6.07) is 14.7. The van der Waals surface area contributed by atoms with Crippen molar-refractivity contribution in [2.45, 2.75) is 25.8 Å². The highest BCUT2D eigenvalue weighted by Crippen LogP contribution is 2.31. The van der Waals surface area contributed by atoms with E-state index in [1.54, 1.807) is 30.7 Å². The Balaban J connectivity index is 0.00000253. The third kappa shape index (κ3) is 4.06. The number of halogens is 2. The third-order valence-corrected chi connectivity index (χ3v) is 6.87. The van der Waals surface area contributed by atoms with E-state index in [4.69, 9.17) is 0 Å². The lowest BCUT2D eigenvalue weighted by Gasteiger charge is -2.33. The molecule has 178 valence electrons. The summed E-state index contributed by atoms with van der Waals surface area (Å²) in [5.41, 5.74) is 5.52. The van der Waals surface area contributed by atoms with E-state index in [1.807, 2.05) is 36.1 Å². The smallest absolute Gasteiger partial charge is 0.256 e. The number of fused-ring (bicyclic) bond motifs is 2. The van der Waals surface area contributed by atoms with Crippen molar-refractivity contribution in [1.29, 1.82) is 0 Å². The molecule has 0 bridgehead atoms. The van der Waals surface area contributed by atoms with Crippen LogP contribution >= 0.6 is 12.4 Å². The predicted molar refractivity (Wildman–Crippen MR) is 137 cm³/mol. The normalized spacial score (nSPS) is 14.4. The van der Waals surface area contributed by atoms with E-state index in [0.29, 0.717) is 24.7 Å². The maximum Gasteiger partial charge on any atom is 0.256 e. The van der Waals surface area contributed by atoms with E-state index in [-0.39, 0.29) is 24.1 Å².